The quantitative estimate of drug-likeness (QED) is 0.824. The summed E-state index contributed by atoms with van der Waals surface area (Å²) >= 11 is 0. The van der Waals surface area contributed by atoms with Crippen molar-refractivity contribution in [3.63, 3.8) is 0 Å². The van der Waals surface area contributed by atoms with Crippen LogP contribution in [0.1, 0.15) is 12.5 Å². The number of nitrogens with zero attached hydrogens (tertiary/aromatic N) is 2. The molecule has 1 aromatic carbocycles. The second-order valence-electron chi connectivity index (χ2n) is 6.78. The third-order valence-corrected chi connectivity index (χ3v) is 4.35. The number of rotatable bonds is 6. The Kier molecular flexibility index (Phi) is 6.87. The van der Waals surface area contributed by atoms with Crippen molar-refractivity contribution in [1.82, 2.24) is 20.4 Å². The number of carbonyl (C=O) groups is 1. The van der Waals surface area contributed by atoms with E-state index in [2.05, 4.69) is 34.5 Å². The van der Waals surface area contributed by atoms with Crippen molar-refractivity contribution < 1.29 is 9.53 Å². The summed E-state index contributed by atoms with van der Waals surface area (Å²) in [4.78, 5) is 16.6. The van der Waals surface area contributed by atoms with E-state index in [1.54, 1.807) is 0 Å². The standard InChI is InChI=1S/C18H30N4O2/c1-14-6-5-7-17(10-14)24-13-15(2)20-18(23)19-11-16-12-21(3)8-9-22(16)4/h5-7,10,15-16H,8-9,11-13H2,1-4H3,(H2,19,20,23)/t15-,16+/m1/s1. The monoisotopic (exact) mass is 334 g/mol. The maximum atomic E-state index is 12.0. The Hall–Kier alpha value is -1.79. The second-order valence-corrected chi connectivity index (χ2v) is 6.78. The first kappa shape index (κ1) is 18.5. The van der Waals surface area contributed by atoms with E-state index >= 15 is 0 Å². The van der Waals surface area contributed by atoms with Crippen LogP contribution in [0, 0.1) is 6.92 Å². The number of piperazine rings is 1. The van der Waals surface area contributed by atoms with Crippen LogP contribution in [0.3, 0.4) is 0 Å². The summed E-state index contributed by atoms with van der Waals surface area (Å²) in [5.74, 6) is 0.830. The number of urea groups is 1. The van der Waals surface area contributed by atoms with Gasteiger partial charge < -0.3 is 20.3 Å². The molecule has 1 aromatic rings. The maximum absolute atomic E-state index is 12.0. The summed E-state index contributed by atoms with van der Waals surface area (Å²) in [6, 6.07) is 8.06. The van der Waals surface area contributed by atoms with Crippen LogP contribution in [-0.2, 0) is 0 Å². The van der Waals surface area contributed by atoms with Crippen molar-refractivity contribution in [3.8, 4) is 5.75 Å². The van der Waals surface area contributed by atoms with E-state index in [1.807, 2.05) is 38.1 Å². The number of aryl methyl sites for hydroxylation is 1. The van der Waals surface area contributed by atoms with Crippen LogP contribution in [0.25, 0.3) is 0 Å². The highest BCUT2D eigenvalue weighted by atomic mass is 16.5. The van der Waals surface area contributed by atoms with Crippen LogP contribution in [0.2, 0.25) is 0 Å². The number of likely N-dealkylation sites (N-methyl/N-ethyl adjacent to an activating group) is 2. The molecule has 0 aromatic heterocycles. The van der Waals surface area contributed by atoms with Crippen LogP contribution < -0.4 is 15.4 Å². The molecule has 0 unspecified atom stereocenters. The predicted molar refractivity (Wildman–Crippen MR) is 96.6 cm³/mol. The lowest BCUT2D eigenvalue weighted by Gasteiger charge is -2.37. The molecule has 1 heterocycles. The molecule has 0 bridgehead atoms. The first-order valence-corrected chi connectivity index (χ1v) is 8.56. The Morgan fingerprint density at radius 3 is 2.92 bits per heavy atom. The highest BCUT2D eigenvalue weighted by Crippen LogP contribution is 2.12. The van der Waals surface area contributed by atoms with Gasteiger partial charge in [-0.2, -0.15) is 0 Å². The van der Waals surface area contributed by atoms with Gasteiger partial charge in [-0.3, -0.25) is 4.90 Å². The molecule has 1 saturated heterocycles. The summed E-state index contributed by atoms with van der Waals surface area (Å²) in [7, 11) is 4.22. The molecular weight excluding hydrogens is 304 g/mol. The van der Waals surface area contributed by atoms with Gasteiger partial charge in [-0.1, -0.05) is 12.1 Å². The molecule has 0 saturated carbocycles. The molecular formula is C18H30N4O2. The Morgan fingerprint density at radius 1 is 1.38 bits per heavy atom. The summed E-state index contributed by atoms with van der Waals surface area (Å²) < 4.78 is 5.72. The average Bonchev–Trinajstić information content (AvgIpc) is 2.54. The van der Waals surface area contributed by atoms with Crippen LogP contribution in [-0.4, -0.2) is 74.8 Å². The largest absolute Gasteiger partial charge is 0.491 e. The van der Waals surface area contributed by atoms with E-state index in [0.29, 0.717) is 19.2 Å². The Morgan fingerprint density at radius 2 is 2.17 bits per heavy atom. The Labute approximate surface area is 145 Å². The first-order chi connectivity index (χ1) is 11.4. The van der Waals surface area contributed by atoms with E-state index in [9.17, 15) is 4.79 Å². The van der Waals surface area contributed by atoms with Gasteiger partial charge >= 0.3 is 6.03 Å². The summed E-state index contributed by atoms with van der Waals surface area (Å²) in [5.41, 5.74) is 1.16. The van der Waals surface area contributed by atoms with Crippen LogP contribution in [0.4, 0.5) is 4.79 Å². The van der Waals surface area contributed by atoms with E-state index < -0.39 is 0 Å². The fourth-order valence-corrected chi connectivity index (χ4v) is 2.78. The molecule has 134 valence electrons. The number of hydrogen-bond acceptors (Lipinski definition) is 4. The molecule has 0 aliphatic carbocycles. The zero-order valence-electron chi connectivity index (χ0n) is 15.2. The number of ether oxygens (including phenoxy) is 1. The van der Waals surface area contributed by atoms with E-state index in [0.717, 1.165) is 30.9 Å². The molecule has 6 heteroatoms. The SMILES string of the molecule is Cc1cccc(OC[C@@H](C)NC(=O)NC[C@H]2CN(C)CCN2C)c1. The number of nitrogens with one attached hydrogen (secondary N) is 2. The van der Waals surface area contributed by atoms with Crippen LogP contribution >= 0.6 is 0 Å². The van der Waals surface area contributed by atoms with E-state index in [-0.39, 0.29) is 12.1 Å². The molecule has 2 N–H and O–H groups in total. The van der Waals surface area contributed by atoms with Crippen molar-refractivity contribution >= 4 is 6.03 Å². The van der Waals surface area contributed by atoms with Crippen molar-refractivity contribution in [1.29, 1.82) is 0 Å². The maximum Gasteiger partial charge on any atom is 0.315 e. The number of amides is 2. The van der Waals surface area contributed by atoms with E-state index in [1.165, 1.54) is 0 Å². The van der Waals surface area contributed by atoms with Crippen molar-refractivity contribution in [2.75, 3.05) is 46.9 Å². The van der Waals surface area contributed by atoms with Gasteiger partial charge in [0, 0.05) is 32.2 Å². The average molecular weight is 334 g/mol. The zero-order valence-corrected chi connectivity index (χ0v) is 15.2. The number of benzene rings is 1. The lowest BCUT2D eigenvalue weighted by atomic mass is 10.2. The van der Waals surface area contributed by atoms with Gasteiger partial charge in [0.2, 0.25) is 0 Å². The van der Waals surface area contributed by atoms with Crippen molar-refractivity contribution in [2.24, 2.45) is 0 Å². The van der Waals surface area contributed by atoms with Gasteiger partial charge in [-0.05, 0) is 45.6 Å². The third kappa shape index (κ3) is 6.02. The molecule has 2 amide bonds. The molecule has 2 atom stereocenters. The minimum atomic E-state index is -0.142. The number of hydrogen-bond donors (Lipinski definition) is 2. The van der Waals surface area contributed by atoms with E-state index in [4.69, 9.17) is 4.74 Å². The van der Waals surface area contributed by atoms with Gasteiger partial charge in [0.1, 0.15) is 12.4 Å². The molecule has 1 fully saturated rings. The minimum absolute atomic E-state index is 0.0581. The molecule has 6 nitrogen and oxygen atoms in total. The van der Waals surface area contributed by atoms with Gasteiger partial charge in [0.25, 0.3) is 0 Å². The molecule has 2 rings (SSSR count). The minimum Gasteiger partial charge on any atom is -0.491 e. The Balaban J connectivity index is 1.67. The van der Waals surface area contributed by atoms with Crippen LogP contribution in [0.15, 0.2) is 24.3 Å². The summed E-state index contributed by atoms with van der Waals surface area (Å²) in [5, 5.41) is 5.89. The molecule has 0 spiro atoms. The van der Waals surface area contributed by atoms with Gasteiger partial charge in [0.15, 0.2) is 0 Å². The first-order valence-electron chi connectivity index (χ1n) is 8.56. The zero-order chi connectivity index (χ0) is 17.5. The number of carbonyl (C=O) groups excluding carboxylic acids is 1. The fraction of sp³-hybridized carbons (Fsp3) is 0.611. The molecule has 1 aliphatic heterocycles. The predicted octanol–water partition coefficient (Wildman–Crippen LogP) is 1.31. The smallest absolute Gasteiger partial charge is 0.315 e. The van der Waals surface area contributed by atoms with Gasteiger partial charge in [-0.25, -0.2) is 4.79 Å². The normalized spacial score (nSPS) is 20.4. The van der Waals surface area contributed by atoms with Gasteiger partial charge in [-0.15, -0.1) is 0 Å². The van der Waals surface area contributed by atoms with Gasteiger partial charge in [0.05, 0.1) is 6.04 Å². The second kappa shape index (κ2) is 8.89. The van der Waals surface area contributed by atoms with Crippen molar-refractivity contribution in [3.05, 3.63) is 29.8 Å². The fourth-order valence-electron chi connectivity index (χ4n) is 2.78. The molecule has 0 radical (unpaired) electrons. The lowest BCUT2D eigenvalue weighted by molar-refractivity contribution is 0.114. The third-order valence-electron chi connectivity index (χ3n) is 4.35. The van der Waals surface area contributed by atoms with Crippen molar-refractivity contribution in [2.45, 2.75) is 25.9 Å². The summed E-state index contributed by atoms with van der Waals surface area (Å²) in [6.45, 7) is 8.15. The Bertz CT molecular complexity index is 538. The summed E-state index contributed by atoms with van der Waals surface area (Å²) in [6.07, 6.45) is 0. The molecule has 1 aliphatic rings. The topological polar surface area (TPSA) is 56.8 Å². The van der Waals surface area contributed by atoms with Crippen LogP contribution in [0.5, 0.6) is 5.75 Å². The molecule has 24 heavy (non-hydrogen) atoms. The highest BCUT2D eigenvalue weighted by molar-refractivity contribution is 5.74. The highest BCUT2D eigenvalue weighted by Gasteiger charge is 2.22. The lowest BCUT2D eigenvalue weighted by Crippen LogP contribution is -2.55.